The van der Waals surface area contributed by atoms with Crippen LogP contribution in [0.15, 0.2) is 78.9 Å². The molecule has 0 unspecified atom stereocenters. The van der Waals surface area contributed by atoms with E-state index in [2.05, 4.69) is 31.3 Å². The molecular weight excluding hydrogens is 374 g/mol. The van der Waals surface area contributed by atoms with Crippen LogP contribution >= 0.6 is 0 Å². The average Bonchev–Trinajstić information content (AvgIpc) is 2.75. The minimum absolute atomic E-state index is 0.162. The van der Waals surface area contributed by atoms with E-state index >= 15 is 0 Å². The lowest BCUT2D eigenvalue weighted by atomic mass is 10.1. The molecule has 0 radical (unpaired) electrons. The first kappa shape index (κ1) is 21.4. The number of benzene rings is 3. The summed E-state index contributed by atoms with van der Waals surface area (Å²) < 4.78 is 11.5. The number of carbonyl (C=O) groups is 1. The van der Waals surface area contributed by atoms with Crippen molar-refractivity contribution in [2.45, 2.75) is 26.7 Å². The highest BCUT2D eigenvalue weighted by Gasteiger charge is 2.07. The summed E-state index contributed by atoms with van der Waals surface area (Å²) in [6, 6.07) is 24.9. The number of anilines is 1. The van der Waals surface area contributed by atoms with Gasteiger partial charge in [0.2, 0.25) is 0 Å². The minimum atomic E-state index is -0.162. The molecule has 30 heavy (non-hydrogen) atoms. The van der Waals surface area contributed by atoms with E-state index in [0.717, 1.165) is 24.3 Å². The Kier molecular flexibility index (Phi) is 7.90. The molecule has 3 rings (SSSR count). The number of hydrogen-bond acceptors (Lipinski definition) is 3. The van der Waals surface area contributed by atoms with Crippen LogP contribution in [0.25, 0.3) is 0 Å². The summed E-state index contributed by atoms with van der Waals surface area (Å²) in [6.07, 6.45) is 1.84. The lowest BCUT2D eigenvalue weighted by Crippen LogP contribution is -2.12. The molecule has 0 bridgehead atoms. The first-order chi connectivity index (χ1) is 14.6. The maximum absolute atomic E-state index is 12.5. The molecule has 0 atom stereocenters. The molecular formula is C26H29NO3. The Morgan fingerprint density at radius 2 is 1.57 bits per heavy atom. The predicted octanol–water partition coefficient (Wildman–Crippen LogP) is 5.99. The fourth-order valence-corrected chi connectivity index (χ4v) is 2.91. The second-order valence-electron chi connectivity index (χ2n) is 7.62. The van der Waals surface area contributed by atoms with Gasteiger partial charge < -0.3 is 14.8 Å². The van der Waals surface area contributed by atoms with E-state index in [1.54, 1.807) is 12.1 Å². The summed E-state index contributed by atoms with van der Waals surface area (Å²) in [7, 11) is 0. The molecule has 0 aliphatic carbocycles. The summed E-state index contributed by atoms with van der Waals surface area (Å²) in [4.78, 5) is 12.5. The highest BCUT2D eigenvalue weighted by atomic mass is 16.5. The van der Waals surface area contributed by atoms with Crippen LogP contribution < -0.4 is 14.8 Å². The molecule has 0 heterocycles. The highest BCUT2D eigenvalue weighted by molar-refractivity contribution is 6.04. The van der Waals surface area contributed by atoms with E-state index in [-0.39, 0.29) is 5.91 Å². The summed E-state index contributed by atoms with van der Waals surface area (Å²) in [6.45, 7) is 5.60. The predicted molar refractivity (Wildman–Crippen MR) is 121 cm³/mol. The zero-order chi connectivity index (χ0) is 21.2. The number of amides is 1. The van der Waals surface area contributed by atoms with Gasteiger partial charge in [0.25, 0.3) is 5.91 Å². The van der Waals surface area contributed by atoms with E-state index in [4.69, 9.17) is 9.47 Å². The number of hydrogen-bond donors (Lipinski definition) is 1. The first-order valence-corrected chi connectivity index (χ1v) is 10.4. The Morgan fingerprint density at radius 1 is 0.833 bits per heavy atom. The van der Waals surface area contributed by atoms with Gasteiger partial charge in [0, 0.05) is 23.7 Å². The monoisotopic (exact) mass is 403 g/mol. The van der Waals surface area contributed by atoms with Crippen molar-refractivity contribution in [3.8, 4) is 11.5 Å². The van der Waals surface area contributed by atoms with Crippen LogP contribution in [0.1, 0.15) is 36.2 Å². The molecule has 156 valence electrons. The van der Waals surface area contributed by atoms with Crippen LogP contribution in [0.3, 0.4) is 0 Å². The van der Waals surface area contributed by atoms with Crippen molar-refractivity contribution in [3.63, 3.8) is 0 Å². The molecule has 0 spiro atoms. The smallest absolute Gasteiger partial charge is 0.255 e. The molecule has 0 aliphatic heterocycles. The molecule has 0 aliphatic rings. The van der Waals surface area contributed by atoms with Crippen LogP contribution in [0, 0.1) is 5.92 Å². The maximum atomic E-state index is 12.5. The quantitative estimate of drug-likeness (QED) is 0.453. The lowest BCUT2D eigenvalue weighted by molar-refractivity contribution is 0.102. The van der Waals surface area contributed by atoms with Gasteiger partial charge in [-0.05, 0) is 54.3 Å². The molecule has 0 fully saturated rings. The first-order valence-electron chi connectivity index (χ1n) is 10.4. The zero-order valence-electron chi connectivity index (χ0n) is 17.6. The highest BCUT2D eigenvalue weighted by Crippen LogP contribution is 2.19. The second-order valence-corrected chi connectivity index (χ2v) is 7.62. The molecule has 0 saturated heterocycles. The van der Waals surface area contributed by atoms with Crippen LogP contribution in [0.4, 0.5) is 5.69 Å². The van der Waals surface area contributed by atoms with Crippen LogP contribution in [0.2, 0.25) is 0 Å². The van der Waals surface area contributed by atoms with Gasteiger partial charge in [-0.25, -0.2) is 0 Å². The zero-order valence-corrected chi connectivity index (χ0v) is 17.6. The molecule has 3 aromatic carbocycles. The van der Waals surface area contributed by atoms with Crippen molar-refractivity contribution in [1.82, 2.24) is 0 Å². The minimum Gasteiger partial charge on any atom is -0.494 e. The van der Waals surface area contributed by atoms with Crippen molar-refractivity contribution in [3.05, 3.63) is 90.0 Å². The van der Waals surface area contributed by atoms with Gasteiger partial charge in [-0.3, -0.25) is 4.79 Å². The molecule has 1 amide bonds. The Hall–Kier alpha value is -3.27. The summed E-state index contributed by atoms with van der Waals surface area (Å²) >= 11 is 0. The largest absolute Gasteiger partial charge is 0.494 e. The number of ether oxygens (including phenoxy) is 2. The van der Waals surface area contributed by atoms with Gasteiger partial charge in [0.05, 0.1) is 13.2 Å². The third-order valence-electron chi connectivity index (χ3n) is 4.67. The molecule has 3 aromatic rings. The standard InChI is InChI=1S/C26H29NO3/c1-20(2)15-17-29-24-13-11-22(12-14-24)26(28)27-23-9-6-10-25(19-23)30-18-16-21-7-4-3-5-8-21/h3-14,19-20H,15-18H2,1-2H3,(H,27,28). The molecule has 0 aromatic heterocycles. The van der Waals surface area contributed by atoms with Crippen LogP contribution in [0.5, 0.6) is 11.5 Å². The molecule has 4 nitrogen and oxygen atoms in total. The Bertz CT molecular complexity index is 921. The lowest BCUT2D eigenvalue weighted by Gasteiger charge is -2.10. The summed E-state index contributed by atoms with van der Waals surface area (Å²) in [5, 5.41) is 2.92. The molecule has 1 N–H and O–H groups in total. The van der Waals surface area contributed by atoms with E-state index in [0.29, 0.717) is 30.4 Å². The van der Waals surface area contributed by atoms with Gasteiger partial charge in [-0.15, -0.1) is 0 Å². The van der Waals surface area contributed by atoms with Crippen molar-refractivity contribution in [2.24, 2.45) is 5.92 Å². The third-order valence-corrected chi connectivity index (χ3v) is 4.67. The van der Waals surface area contributed by atoms with Crippen molar-refractivity contribution in [2.75, 3.05) is 18.5 Å². The van der Waals surface area contributed by atoms with Crippen LogP contribution in [-0.4, -0.2) is 19.1 Å². The Morgan fingerprint density at radius 3 is 2.30 bits per heavy atom. The number of carbonyl (C=O) groups excluding carboxylic acids is 1. The number of nitrogens with one attached hydrogen (secondary N) is 1. The maximum Gasteiger partial charge on any atom is 0.255 e. The molecule has 4 heteroatoms. The molecule has 0 saturated carbocycles. The van der Waals surface area contributed by atoms with E-state index in [9.17, 15) is 4.79 Å². The summed E-state index contributed by atoms with van der Waals surface area (Å²) in [5.74, 6) is 1.96. The van der Waals surface area contributed by atoms with E-state index < -0.39 is 0 Å². The van der Waals surface area contributed by atoms with Crippen molar-refractivity contribution < 1.29 is 14.3 Å². The fraction of sp³-hybridized carbons (Fsp3) is 0.269. The fourth-order valence-electron chi connectivity index (χ4n) is 2.91. The van der Waals surface area contributed by atoms with Crippen LogP contribution in [-0.2, 0) is 6.42 Å². The van der Waals surface area contributed by atoms with E-state index in [1.807, 2.05) is 54.6 Å². The van der Waals surface area contributed by atoms with Crippen molar-refractivity contribution >= 4 is 11.6 Å². The van der Waals surface area contributed by atoms with Gasteiger partial charge in [-0.1, -0.05) is 50.2 Å². The van der Waals surface area contributed by atoms with Crippen molar-refractivity contribution in [1.29, 1.82) is 0 Å². The SMILES string of the molecule is CC(C)CCOc1ccc(C(=O)Nc2cccc(OCCc3ccccc3)c2)cc1. The Balaban J connectivity index is 1.50. The Labute approximate surface area is 178 Å². The van der Waals surface area contributed by atoms with Gasteiger partial charge in [0.15, 0.2) is 0 Å². The summed E-state index contributed by atoms with van der Waals surface area (Å²) in [5.41, 5.74) is 2.52. The van der Waals surface area contributed by atoms with E-state index in [1.165, 1.54) is 5.56 Å². The number of rotatable bonds is 10. The second kappa shape index (κ2) is 11.1. The normalized spacial score (nSPS) is 10.6. The van der Waals surface area contributed by atoms with Gasteiger partial charge >= 0.3 is 0 Å². The third kappa shape index (κ3) is 6.96. The average molecular weight is 404 g/mol. The van der Waals surface area contributed by atoms with Gasteiger partial charge in [0.1, 0.15) is 11.5 Å². The van der Waals surface area contributed by atoms with Gasteiger partial charge in [-0.2, -0.15) is 0 Å². The topological polar surface area (TPSA) is 47.6 Å².